The lowest BCUT2D eigenvalue weighted by Crippen LogP contribution is -2.39. The van der Waals surface area contributed by atoms with Crippen LogP contribution in [-0.2, 0) is 22.6 Å². The van der Waals surface area contributed by atoms with Gasteiger partial charge in [-0.3, -0.25) is 19.5 Å². The fraction of sp³-hybridized carbons (Fsp3) is 0.500. The Morgan fingerprint density at radius 2 is 1.97 bits per heavy atom. The maximum Gasteiger partial charge on any atom is 0.228 e. The maximum atomic E-state index is 12.8. The Morgan fingerprint density at radius 3 is 2.70 bits per heavy atom. The van der Waals surface area contributed by atoms with Crippen LogP contribution in [0.2, 0.25) is 0 Å². The Labute approximate surface area is 194 Å². The lowest BCUT2D eigenvalue weighted by Gasteiger charge is -2.33. The van der Waals surface area contributed by atoms with E-state index < -0.39 is 0 Å². The first-order valence-electron chi connectivity index (χ1n) is 12.1. The van der Waals surface area contributed by atoms with Crippen molar-refractivity contribution < 1.29 is 9.59 Å². The van der Waals surface area contributed by atoms with E-state index in [1.807, 2.05) is 30.0 Å². The topological polar surface area (TPSA) is 79.3 Å². The normalized spacial score (nSPS) is 20.9. The zero-order chi connectivity index (χ0) is 22.8. The number of anilines is 1. The molecule has 1 fully saturated rings. The van der Waals surface area contributed by atoms with Gasteiger partial charge in [0.1, 0.15) is 11.6 Å². The number of aromatic nitrogens is 3. The molecule has 7 nitrogen and oxygen atoms in total. The molecule has 2 aromatic heterocycles. The molecule has 7 heteroatoms. The highest BCUT2D eigenvalue weighted by molar-refractivity contribution is 5.95. The Bertz CT molecular complexity index is 1060. The summed E-state index contributed by atoms with van der Waals surface area (Å²) in [6, 6.07) is 5.75. The van der Waals surface area contributed by atoms with Crippen molar-refractivity contribution in [3.05, 3.63) is 59.3 Å². The van der Waals surface area contributed by atoms with Gasteiger partial charge in [0.25, 0.3) is 0 Å². The van der Waals surface area contributed by atoms with Crippen LogP contribution in [-0.4, -0.2) is 44.8 Å². The van der Waals surface area contributed by atoms with E-state index in [0.717, 1.165) is 67.4 Å². The fourth-order valence-electron chi connectivity index (χ4n) is 5.21. The smallest absolute Gasteiger partial charge is 0.228 e. The molecule has 0 unspecified atom stereocenters. The Balaban J connectivity index is 1.31. The minimum absolute atomic E-state index is 0.0820. The summed E-state index contributed by atoms with van der Waals surface area (Å²) in [5.41, 5.74) is 2.87. The molecule has 2 amide bonds. The first-order chi connectivity index (χ1) is 16.1. The van der Waals surface area contributed by atoms with Gasteiger partial charge in [-0.15, -0.1) is 0 Å². The van der Waals surface area contributed by atoms with Crippen molar-refractivity contribution in [1.29, 1.82) is 0 Å². The molecule has 0 N–H and O–H groups in total. The van der Waals surface area contributed by atoms with E-state index in [2.05, 4.69) is 17.1 Å². The number of allylic oxidation sites excluding steroid dienone is 2. The second-order valence-corrected chi connectivity index (χ2v) is 9.40. The van der Waals surface area contributed by atoms with E-state index in [1.165, 1.54) is 0 Å². The van der Waals surface area contributed by atoms with Crippen LogP contribution in [0.3, 0.4) is 0 Å². The van der Waals surface area contributed by atoms with Gasteiger partial charge in [-0.05, 0) is 57.1 Å². The number of amides is 2. The third-order valence-corrected chi connectivity index (χ3v) is 7.16. The van der Waals surface area contributed by atoms with E-state index in [9.17, 15) is 9.59 Å². The molecule has 1 atom stereocenters. The Hall–Kier alpha value is -3.09. The number of likely N-dealkylation sites (tertiary alicyclic amines) is 1. The zero-order valence-electron chi connectivity index (χ0n) is 19.2. The fourth-order valence-corrected chi connectivity index (χ4v) is 5.21. The van der Waals surface area contributed by atoms with Gasteiger partial charge in [0.05, 0.1) is 12.2 Å². The van der Waals surface area contributed by atoms with Crippen LogP contribution in [0.25, 0.3) is 0 Å². The van der Waals surface area contributed by atoms with E-state index in [4.69, 9.17) is 9.97 Å². The quantitative estimate of drug-likeness (QED) is 0.656. The third kappa shape index (κ3) is 4.68. The van der Waals surface area contributed by atoms with Gasteiger partial charge in [-0.25, -0.2) is 9.97 Å². The number of fused-ring (bicyclic) bond motifs is 1. The standard InChI is InChI=1S/C26H31N5O2/c1-18-22-9-10-23(32)31(17-21-8-4-5-13-27-21)26(22)29-25(28-18)20-11-14-30(15-12-20)24(33)16-19-6-2-3-7-19/h2,4-6,8,13,19-20H,3,7,9-12,14-17H2,1H3/t19-/m0/s1. The van der Waals surface area contributed by atoms with Crippen molar-refractivity contribution in [1.82, 2.24) is 19.9 Å². The summed E-state index contributed by atoms with van der Waals surface area (Å²) in [4.78, 5) is 43.5. The monoisotopic (exact) mass is 445 g/mol. The summed E-state index contributed by atoms with van der Waals surface area (Å²) in [5.74, 6) is 2.50. The molecule has 2 aromatic rings. The van der Waals surface area contributed by atoms with Gasteiger partial charge in [0, 0.05) is 49.3 Å². The van der Waals surface area contributed by atoms with Crippen LogP contribution in [0, 0.1) is 12.8 Å². The number of hydrogen-bond donors (Lipinski definition) is 0. The third-order valence-electron chi connectivity index (χ3n) is 7.16. The van der Waals surface area contributed by atoms with Crippen molar-refractivity contribution in [2.45, 2.75) is 64.3 Å². The Morgan fingerprint density at radius 1 is 1.12 bits per heavy atom. The van der Waals surface area contributed by atoms with Crippen molar-refractivity contribution in [2.75, 3.05) is 18.0 Å². The molecule has 3 aliphatic rings. The van der Waals surface area contributed by atoms with Crippen LogP contribution in [0.1, 0.15) is 67.2 Å². The molecule has 2 aliphatic heterocycles. The molecule has 172 valence electrons. The van der Waals surface area contributed by atoms with Gasteiger partial charge in [-0.1, -0.05) is 18.2 Å². The molecule has 33 heavy (non-hydrogen) atoms. The molecule has 5 rings (SSSR count). The SMILES string of the molecule is Cc1nc(C2CCN(C(=O)C[C@H]3C=CCC3)CC2)nc2c1CCC(=O)N2Cc1ccccn1. The maximum absolute atomic E-state index is 12.8. The number of hydrogen-bond acceptors (Lipinski definition) is 5. The van der Waals surface area contributed by atoms with Crippen LogP contribution in [0.15, 0.2) is 36.5 Å². The summed E-state index contributed by atoms with van der Waals surface area (Å²) in [6.07, 6.45) is 11.8. The molecular weight excluding hydrogens is 414 g/mol. The van der Waals surface area contributed by atoms with Gasteiger partial charge in [0.2, 0.25) is 11.8 Å². The highest BCUT2D eigenvalue weighted by atomic mass is 16.2. The molecule has 1 saturated heterocycles. The van der Waals surface area contributed by atoms with Crippen molar-refractivity contribution in [3.8, 4) is 0 Å². The summed E-state index contributed by atoms with van der Waals surface area (Å²) < 4.78 is 0. The van der Waals surface area contributed by atoms with Crippen molar-refractivity contribution >= 4 is 17.6 Å². The summed E-state index contributed by atoms with van der Waals surface area (Å²) >= 11 is 0. The number of carbonyl (C=O) groups is 2. The van der Waals surface area contributed by atoms with Gasteiger partial charge in [0.15, 0.2) is 0 Å². The van der Waals surface area contributed by atoms with Crippen LogP contribution >= 0.6 is 0 Å². The average molecular weight is 446 g/mol. The number of pyridine rings is 1. The first-order valence-corrected chi connectivity index (χ1v) is 12.1. The highest BCUT2D eigenvalue weighted by Crippen LogP contribution is 2.33. The minimum Gasteiger partial charge on any atom is -0.343 e. The molecule has 0 spiro atoms. The Kier molecular flexibility index (Phi) is 6.20. The summed E-state index contributed by atoms with van der Waals surface area (Å²) in [7, 11) is 0. The van der Waals surface area contributed by atoms with Crippen LogP contribution in [0.4, 0.5) is 5.82 Å². The molecule has 0 bridgehead atoms. The second kappa shape index (κ2) is 9.41. The number of rotatable bonds is 5. The van der Waals surface area contributed by atoms with Gasteiger partial charge >= 0.3 is 0 Å². The minimum atomic E-state index is 0.0820. The summed E-state index contributed by atoms with van der Waals surface area (Å²) in [6.45, 7) is 3.93. The lowest BCUT2D eigenvalue weighted by atomic mass is 9.94. The molecule has 0 saturated carbocycles. The van der Waals surface area contributed by atoms with E-state index >= 15 is 0 Å². The zero-order valence-corrected chi connectivity index (χ0v) is 19.2. The first kappa shape index (κ1) is 21.7. The average Bonchev–Trinajstić information content (AvgIpc) is 3.34. The van der Waals surface area contributed by atoms with Gasteiger partial charge in [-0.2, -0.15) is 0 Å². The largest absolute Gasteiger partial charge is 0.343 e. The lowest BCUT2D eigenvalue weighted by molar-refractivity contribution is -0.133. The molecule has 4 heterocycles. The second-order valence-electron chi connectivity index (χ2n) is 9.40. The van der Waals surface area contributed by atoms with E-state index in [-0.39, 0.29) is 17.7 Å². The molecular formula is C26H31N5O2. The van der Waals surface area contributed by atoms with Crippen LogP contribution < -0.4 is 4.90 Å². The van der Waals surface area contributed by atoms with Crippen molar-refractivity contribution in [2.24, 2.45) is 5.92 Å². The number of nitrogens with zero attached hydrogens (tertiary/aromatic N) is 5. The summed E-state index contributed by atoms with van der Waals surface area (Å²) in [5, 5.41) is 0. The molecule has 0 radical (unpaired) electrons. The highest BCUT2D eigenvalue weighted by Gasteiger charge is 2.32. The predicted octanol–water partition coefficient (Wildman–Crippen LogP) is 3.72. The number of carbonyl (C=O) groups excluding carboxylic acids is 2. The number of piperidine rings is 1. The molecule has 0 aromatic carbocycles. The van der Waals surface area contributed by atoms with E-state index in [0.29, 0.717) is 31.7 Å². The predicted molar refractivity (Wildman–Crippen MR) is 126 cm³/mol. The van der Waals surface area contributed by atoms with E-state index in [1.54, 1.807) is 11.1 Å². The van der Waals surface area contributed by atoms with Gasteiger partial charge < -0.3 is 4.90 Å². The van der Waals surface area contributed by atoms with Crippen molar-refractivity contribution in [3.63, 3.8) is 0 Å². The molecule has 1 aliphatic carbocycles. The number of aryl methyl sites for hydroxylation is 1. The van der Waals surface area contributed by atoms with Crippen LogP contribution in [0.5, 0.6) is 0 Å².